The van der Waals surface area contributed by atoms with Gasteiger partial charge in [-0.2, -0.15) is 0 Å². The van der Waals surface area contributed by atoms with E-state index in [1.54, 1.807) is 117 Å². The van der Waals surface area contributed by atoms with Crippen LogP contribution >= 0.6 is 0 Å². The molecule has 13 N–H and O–H groups in total. The third-order valence-electron chi connectivity index (χ3n) is 14.6. The summed E-state index contributed by atoms with van der Waals surface area (Å²) in [6, 6.07) is 5.77. The predicted octanol–water partition coefficient (Wildman–Crippen LogP) is 2.83. The summed E-state index contributed by atoms with van der Waals surface area (Å²) in [7, 11) is 2.88. The SMILES string of the molecule is CNc1ccc(C(=O)CC(O)CCC(C)C2OC(=O)CC(O)CC(=O)CC(O)CC(O)CC(O)CC(O)CC3(O)CC(O)C(C(=O)OC)C(CC(OC4OC(C)C(O)C(N)C4O)\C=C/C=C/C=C/C=C/C=C/C=C/C=C\C2C)O3)cc1. The minimum atomic E-state index is -2.29. The molecular formula is C60H88N2O19. The van der Waals surface area contributed by atoms with Crippen LogP contribution in [0.25, 0.3) is 0 Å². The number of methoxy groups -OCH3 is 1. The van der Waals surface area contributed by atoms with E-state index in [-0.39, 0.29) is 49.7 Å². The molecule has 21 heteroatoms. The maximum Gasteiger partial charge on any atom is 0.313 e. The van der Waals surface area contributed by atoms with Crippen molar-refractivity contribution in [1.82, 2.24) is 0 Å². The van der Waals surface area contributed by atoms with Gasteiger partial charge in [-0.05, 0) is 69.2 Å². The zero-order valence-corrected chi connectivity index (χ0v) is 47.0. The average molecular weight is 1140 g/mol. The Kier molecular flexibility index (Phi) is 29.1. The lowest BCUT2D eigenvalue weighted by Crippen LogP contribution is -2.61. The lowest BCUT2D eigenvalue weighted by atomic mass is 9.82. The molecule has 0 saturated carbocycles. The summed E-state index contributed by atoms with van der Waals surface area (Å²) in [6.45, 7) is 5.25. The van der Waals surface area contributed by atoms with E-state index in [0.717, 1.165) is 12.8 Å². The number of hydrogen-bond acceptors (Lipinski definition) is 21. The highest BCUT2D eigenvalue weighted by Crippen LogP contribution is 2.39. The van der Waals surface area contributed by atoms with Crippen LogP contribution in [0, 0.1) is 17.8 Å². The second-order valence-electron chi connectivity index (χ2n) is 21.6. The molecule has 0 amide bonds. The lowest BCUT2D eigenvalue weighted by Gasteiger charge is -2.45. The molecule has 81 heavy (non-hydrogen) atoms. The number of nitrogens with one attached hydrogen (secondary N) is 1. The van der Waals surface area contributed by atoms with Crippen LogP contribution in [0.5, 0.6) is 0 Å². The van der Waals surface area contributed by atoms with Gasteiger partial charge in [-0.25, -0.2) is 0 Å². The first-order chi connectivity index (χ1) is 38.4. The van der Waals surface area contributed by atoms with Crippen molar-refractivity contribution in [2.24, 2.45) is 23.5 Å². The third kappa shape index (κ3) is 23.6. The van der Waals surface area contributed by atoms with Gasteiger partial charge in [-0.1, -0.05) is 98.9 Å². The minimum Gasteiger partial charge on any atom is -0.469 e. The monoisotopic (exact) mass is 1140 g/mol. The van der Waals surface area contributed by atoms with E-state index in [4.69, 9.17) is 29.4 Å². The van der Waals surface area contributed by atoms with Crippen molar-refractivity contribution in [3.8, 4) is 0 Å². The first-order valence-electron chi connectivity index (χ1n) is 27.8. The van der Waals surface area contributed by atoms with E-state index < -0.39 is 160 Å². The number of allylic oxidation sites excluding steroid dienone is 12. The van der Waals surface area contributed by atoms with Crippen molar-refractivity contribution in [1.29, 1.82) is 0 Å². The first kappa shape index (κ1) is 68.4. The Morgan fingerprint density at radius 3 is 1.88 bits per heavy atom. The van der Waals surface area contributed by atoms with Gasteiger partial charge < -0.3 is 85.8 Å². The molecule has 0 aromatic heterocycles. The molecule has 0 radical (unpaired) electrons. The molecule has 0 aliphatic carbocycles. The van der Waals surface area contributed by atoms with E-state index in [1.807, 2.05) is 19.9 Å². The van der Waals surface area contributed by atoms with Gasteiger partial charge in [0.15, 0.2) is 17.9 Å². The Morgan fingerprint density at radius 1 is 0.728 bits per heavy atom. The molecular weight excluding hydrogens is 1050 g/mol. The number of ketones is 2. The van der Waals surface area contributed by atoms with Gasteiger partial charge in [0.2, 0.25) is 0 Å². The highest BCUT2D eigenvalue weighted by molar-refractivity contribution is 5.96. The molecule has 1 aromatic rings. The summed E-state index contributed by atoms with van der Waals surface area (Å²) >= 11 is 0. The number of hydrogen-bond donors (Lipinski definition) is 12. The molecule has 1 aromatic carbocycles. The maximum absolute atomic E-state index is 13.3. The zero-order chi connectivity index (χ0) is 59.8. The van der Waals surface area contributed by atoms with Crippen LogP contribution in [0.15, 0.2) is 109 Å². The minimum absolute atomic E-state index is 0.103. The van der Waals surface area contributed by atoms with Crippen molar-refractivity contribution in [2.75, 3.05) is 19.5 Å². The number of carbonyl (C=O) groups is 4. The van der Waals surface area contributed by atoms with Crippen molar-refractivity contribution in [3.05, 3.63) is 115 Å². The number of benzene rings is 1. The highest BCUT2D eigenvalue weighted by atomic mass is 16.7. The van der Waals surface area contributed by atoms with E-state index >= 15 is 0 Å². The fraction of sp³-hybridized carbons (Fsp3) is 0.600. The number of carbonyl (C=O) groups excluding carboxylic acids is 4. The van der Waals surface area contributed by atoms with Gasteiger partial charge in [0.05, 0.1) is 86.7 Å². The molecule has 3 aliphatic heterocycles. The van der Waals surface area contributed by atoms with Gasteiger partial charge in [-0.3, -0.25) is 19.2 Å². The molecule has 3 aliphatic rings. The summed E-state index contributed by atoms with van der Waals surface area (Å²) in [5.74, 6) is -6.85. The van der Waals surface area contributed by atoms with E-state index in [0.29, 0.717) is 12.0 Å². The van der Waals surface area contributed by atoms with Gasteiger partial charge in [0.25, 0.3) is 0 Å². The molecule has 21 nitrogen and oxygen atoms in total. The van der Waals surface area contributed by atoms with E-state index in [1.165, 1.54) is 0 Å². The third-order valence-corrected chi connectivity index (χ3v) is 14.6. The smallest absolute Gasteiger partial charge is 0.313 e. The number of cyclic esters (lactones) is 1. The quantitative estimate of drug-likeness (QED) is 0.112. The number of rotatable bonds is 11. The molecule has 2 fully saturated rings. The van der Waals surface area contributed by atoms with Crippen LogP contribution in [0.2, 0.25) is 0 Å². The first-order valence-corrected chi connectivity index (χ1v) is 27.8. The van der Waals surface area contributed by atoms with Gasteiger partial charge in [-0.15, -0.1) is 0 Å². The molecule has 452 valence electrons. The second-order valence-corrected chi connectivity index (χ2v) is 21.6. The summed E-state index contributed by atoms with van der Waals surface area (Å²) in [5.41, 5.74) is 7.39. The zero-order valence-electron chi connectivity index (χ0n) is 47.0. The summed E-state index contributed by atoms with van der Waals surface area (Å²) in [6.07, 6.45) is 2.92. The fourth-order valence-electron chi connectivity index (χ4n) is 10.2. The van der Waals surface area contributed by atoms with Crippen LogP contribution in [0.4, 0.5) is 5.69 Å². The van der Waals surface area contributed by atoms with Crippen LogP contribution in [0.3, 0.4) is 0 Å². The van der Waals surface area contributed by atoms with E-state index in [2.05, 4.69) is 5.32 Å². The molecule has 2 bridgehead atoms. The number of aliphatic hydroxyl groups excluding tert-OH is 9. The maximum atomic E-state index is 13.3. The van der Waals surface area contributed by atoms with Crippen LogP contribution < -0.4 is 11.1 Å². The summed E-state index contributed by atoms with van der Waals surface area (Å²) in [4.78, 5) is 52.4. The molecule has 19 atom stereocenters. The lowest BCUT2D eigenvalue weighted by molar-refractivity contribution is -0.308. The van der Waals surface area contributed by atoms with E-state index in [9.17, 15) is 70.2 Å². The number of Topliss-reactive ketones (excluding diaryl/α,β-unsaturated/α-hetero) is 2. The normalized spacial score (nSPS) is 37.7. The molecule has 0 spiro atoms. The Bertz CT molecular complexity index is 2320. The fourth-order valence-corrected chi connectivity index (χ4v) is 10.2. The summed E-state index contributed by atoms with van der Waals surface area (Å²) < 4.78 is 28.9. The summed E-state index contributed by atoms with van der Waals surface area (Å²) in [5, 5.41) is 113. The number of ether oxygens (including phenoxy) is 5. The Hall–Kier alpha value is -5.08. The highest BCUT2D eigenvalue weighted by Gasteiger charge is 2.51. The number of fused-ring (bicyclic) bond motifs is 2. The molecule has 3 heterocycles. The Morgan fingerprint density at radius 2 is 1.28 bits per heavy atom. The van der Waals surface area contributed by atoms with Gasteiger partial charge >= 0.3 is 11.9 Å². The number of aliphatic hydroxyl groups is 10. The van der Waals surface area contributed by atoms with Crippen LogP contribution in [-0.4, -0.2) is 186 Å². The average Bonchev–Trinajstić information content (AvgIpc) is 3.43. The van der Waals surface area contributed by atoms with Gasteiger partial charge in [0.1, 0.15) is 23.9 Å². The predicted molar refractivity (Wildman–Crippen MR) is 299 cm³/mol. The number of esters is 2. The Balaban J connectivity index is 1.55. The Labute approximate surface area is 474 Å². The topological polar surface area (TPSA) is 355 Å². The molecule has 19 unspecified atom stereocenters. The van der Waals surface area contributed by atoms with Crippen LogP contribution in [-0.2, 0) is 38.1 Å². The number of anilines is 1. The van der Waals surface area contributed by atoms with Crippen molar-refractivity contribution in [3.63, 3.8) is 0 Å². The van der Waals surface area contributed by atoms with Crippen molar-refractivity contribution in [2.45, 2.75) is 195 Å². The largest absolute Gasteiger partial charge is 0.469 e. The number of nitrogens with two attached hydrogens (primary N) is 1. The van der Waals surface area contributed by atoms with Crippen molar-refractivity contribution >= 4 is 29.2 Å². The molecule has 4 rings (SSSR count). The molecule has 2 saturated heterocycles. The standard InChI is InChI=1S/C60H88N2O19/c1-36-18-16-14-12-10-8-6-7-9-11-13-15-17-19-48(79-59-56(74)54(61)55(73)38(3)78-59)33-51-53(58(75)77-5)50(71)35-60(76,81-51)34-47(69)30-45(67)28-43(65)26-42(64)27-44(66)29-46(68)32-52(72)80-57(36)37(2)20-25-41(63)31-49(70)39-21-23-40(62-4)24-22-39/h6-19,21-24,36-38,41-43,45-48,50-51,53-57,59,62-65,67-69,71,73-74,76H,20,25-35,61H2,1-5H3/b7-6+,10-8+,11-9+,14-12+,15-13+,18-16-,19-17-. The second kappa shape index (κ2) is 34.5. The van der Waals surface area contributed by atoms with Crippen LogP contribution in [0.1, 0.15) is 108 Å². The van der Waals surface area contributed by atoms with Gasteiger partial charge in [0, 0.05) is 62.7 Å². The van der Waals surface area contributed by atoms with Crippen molar-refractivity contribution < 1.29 is 93.9 Å².